The molecule has 1 heterocycles. The second-order valence-corrected chi connectivity index (χ2v) is 4.62. The van der Waals surface area contributed by atoms with E-state index >= 15 is 0 Å². The molecule has 2 unspecified atom stereocenters. The number of carbonyl (C=O) groups is 2. The zero-order valence-electron chi connectivity index (χ0n) is 11.5. The summed E-state index contributed by atoms with van der Waals surface area (Å²) in [6.07, 6.45) is -0.181. The maximum Gasteiger partial charge on any atom is 0.237 e. The quantitative estimate of drug-likeness (QED) is 0.718. The molecule has 116 valence electrons. The highest BCUT2D eigenvalue weighted by atomic mass is 35.5. The topological polar surface area (TPSA) is 117 Å². The number of amides is 2. The van der Waals surface area contributed by atoms with Crippen LogP contribution in [0.4, 0.5) is 0 Å². The summed E-state index contributed by atoms with van der Waals surface area (Å²) >= 11 is 0. The van der Waals surface area contributed by atoms with E-state index in [1.807, 2.05) is 13.0 Å². The molecule has 0 fully saturated rings. The van der Waals surface area contributed by atoms with Crippen molar-refractivity contribution < 1.29 is 19.1 Å². The molecule has 1 aromatic rings. The molecule has 7 nitrogen and oxygen atoms in total. The molecule has 0 saturated carbocycles. The van der Waals surface area contributed by atoms with Gasteiger partial charge in [-0.05, 0) is 24.6 Å². The first-order valence-electron chi connectivity index (χ1n) is 6.21. The number of ether oxygens (including phenoxy) is 2. The lowest BCUT2D eigenvalue weighted by Crippen LogP contribution is -2.43. The van der Waals surface area contributed by atoms with E-state index in [4.69, 9.17) is 20.9 Å². The lowest BCUT2D eigenvalue weighted by Gasteiger charge is -2.17. The minimum atomic E-state index is -0.941. The van der Waals surface area contributed by atoms with Crippen molar-refractivity contribution in [2.45, 2.75) is 25.4 Å². The molecule has 0 aromatic heterocycles. The molecular formula is C13H18ClN3O4. The minimum Gasteiger partial charge on any atom is -0.454 e. The standard InChI is InChI=1S/C13H17N3O4.ClH/c1-7(16-13(18)9(14)5-12(15)17)8-2-3-10-11(4-8)20-6-19-10;/h2-4,7,9H,5-6,14H2,1H3,(H2,15,17)(H,16,18);1H. The third-order valence-electron chi connectivity index (χ3n) is 3.01. The molecule has 0 aliphatic carbocycles. The molecule has 8 heteroatoms. The van der Waals surface area contributed by atoms with Crippen LogP contribution in [-0.4, -0.2) is 24.6 Å². The van der Waals surface area contributed by atoms with Crippen LogP contribution < -0.4 is 26.3 Å². The summed E-state index contributed by atoms with van der Waals surface area (Å²) in [5, 5.41) is 2.72. The molecule has 1 aromatic carbocycles. The lowest BCUT2D eigenvalue weighted by atomic mass is 10.1. The van der Waals surface area contributed by atoms with Crippen LogP contribution in [0.5, 0.6) is 11.5 Å². The summed E-state index contributed by atoms with van der Waals surface area (Å²) < 4.78 is 10.5. The number of carbonyl (C=O) groups excluding carboxylic acids is 2. The van der Waals surface area contributed by atoms with E-state index in [1.54, 1.807) is 12.1 Å². The number of hydrogen-bond acceptors (Lipinski definition) is 5. The van der Waals surface area contributed by atoms with Crippen LogP contribution in [-0.2, 0) is 9.59 Å². The van der Waals surface area contributed by atoms with Crippen LogP contribution >= 0.6 is 12.4 Å². The molecule has 21 heavy (non-hydrogen) atoms. The maximum absolute atomic E-state index is 11.8. The molecule has 2 rings (SSSR count). The lowest BCUT2D eigenvalue weighted by molar-refractivity contribution is -0.126. The first-order valence-corrected chi connectivity index (χ1v) is 6.21. The van der Waals surface area contributed by atoms with Crippen molar-refractivity contribution in [3.05, 3.63) is 23.8 Å². The Morgan fingerprint density at radius 1 is 1.33 bits per heavy atom. The van der Waals surface area contributed by atoms with Gasteiger partial charge in [-0.3, -0.25) is 9.59 Å². The number of hydrogen-bond donors (Lipinski definition) is 3. The van der Waals surface area contributed by atoms with Gasteiger partial charge in [-0.15, -0.1) is 12.4 Å². The van der Waals surface area contributed by atoms with Gasteiger partial charge in [-0.2, -0.15) is 0 Å². The molecule has 0 spiro atoms. The Morgan fingerprint density at radius 2 is 2.00 bits per heavy atom. The van der Waals surface area contributed by atoms with Gasteiger partial charge in [0, 0.05) is 0 Å². The van der Waals surface area contributed by atoms with Crippen molar-refractivity contribution in [1.29, 1.82) is 0 Å². The number of nitrogens with one attached hydrogen (secondary N) is 1. The second-order valence-electron chi connectivity index (χ2n) is 4.62. The first kappa shape index (κ1) is 17.1. The Labute approximate surface area is 128 Å². The Balaban J connectivity index is 0.00000220. The van der Waals surface area contributed by atoms with Gasteiger partial charge >= 0.3 is 0 Å². The molecule has 5 N–H and O–H groups in total. The third kappa shape index (κ3) is 4.24. The fourth-order valence-electron chi connectivity index (χ4n) is 1.90. The Hall–Kier alpha value is -1.99. The van der Waals surface area contributed by atoms with Crippen LogP contribution in [0.2, 0.25) is 0 Å². The van der Waals surface area contributed by atoms with Crippen molar-refractivity contribution in [2.24, 2.45) is 11.5 Å². The summed E-state index contributed by atoms with van der Waals surface area (Å²) in [5.41, 5.74) is 11.4. The number of benzene rings is 1. The second kappa shape index (κ2) is 7.14. The fourth-order valence-corrected chi connectivity index (χ4v) is 1.90. The first-order chi connectivity index (χ1) is 9.47. The van der Waals surface area contributed by atoms with Gasteiger partial charge in [-0.25, -0.2) is 0 Å². The maximum atomic E-state index is 11.8. The molecule has 2 atom stereocenters. The van der Waals surface area contributed by atoms with E-state index < -0.39 is 17.9 Å². The normalized spacial score (nSPS) is 14.8. The van der Waals surface area contributed by atoms with Crippen molar-refractivity contribution in [1.82, 2.24) is 5.32 Å². The highest BCUT2D eigenvalue weighted by molar-refractivity contribution is 5.87. The summed E-state index contributed by atoms with van der Waals surface area (Å²) in [6, 6.07) is 4.20. The molecular weight excluding hydrogens is 298 g/mol. The van der Waals surface area contributed by atoms with Crippen LogP contribution in [0.1, 0.15) is 24.9 Å². The highest BCUT2D eigenvalue weighted by Crippen LogP contribution is 2.34. The third-order valence-corrected chi connectivity index (χ3v) is 3.01. The summed E-state index contributed by atoms with van der Waals surface area (Å²) in [6.45, 7) is 2.01. The SMILES string of the molecule is CC(NC(=O)C(N)CC(N)=O)c1ccc2c(c1)OCO2.Cl. The van der Waals surface area contributed by atoms with E-state index in [0.29, 0.717) is 11.5 Å². The number of fused-ring (bicyclic) bond motifs is 1. The van der Waals surface area contributed by atoms with Crippen molar-refractivity contribution in [3.8, 4) is 11.5 Å². The Bertz CT molecular complexity index is 538. The van der Waals surface area contributed by atoms with E-state index in [0.717, 1.165) is 5.56 Å². The molecule has 1 aliphatic heterocycles. The zero-order valence-corrected chi connectivity index (χ0v) is 12.3. The average Bonchev–Trinajstić information content (AvgIpc) is 2.84. The predicted octanol–water partition coefficient (Wildman–Crippen LogP) is 0.217. The van der Waals surface area contributed by atoms with Crippen LogP contribution in [0.25, 0.3) is 0 Å². The fraction of sp³-hybridized carbons (Fsp3) is 0.385. The van der Waals surface area contributed by atoms with Gasteiger partial charge in [0.1, 0.15) is 0 Å². The van der Waals surface area contributed by atoms with E-state index in [2.05, 4.69) is 5.32 Å². The molecule has 2 amide bonds. The number of rotatable bonds is 5. The molecule has 0 radical (unpaired) electrons. The van der Waals surface area contributed by atoms with Gasteiger partial charge in [-0.1, -0.05) is 6.07 Å². The Kier molecular flexibility index (Phi) is 5.80. The van der Waals surface area contributed by atoms with E-state index in [1.165, 1.54) is 0 Å². The number of nitrogens with two attached hydrogens (primary N) is 2. The van der Waals surface area contributed by atoms with Gasteiger partial charge in [0.25, 0.3) is 0 Å². The van der Waals surface area contributed by atoms with Crippen LogP contribution in [0.3, 0.4) is 0 Å². The number of primary amides is 1. The predicted molar refractivity (Wildman–Crippen MR) is 78.2 cm³/mol. The van der Waals surface area contributed by atoms with Crippen molar-refractivity contribution in [2.75, 3.05) is 6.79 Å². The smallest absolute Gasteiger partial charge is 0.237 e. The molecule has 0 bridgehead atoms. The minimum absolute atomic E-state index is 0. The van der Waals surface area contributed by atoms with Crippen molar-refractivity contribution >= 4 is 24.2 Å². The van der Waals surface area contributed by atoms with Gasteiger partial charge in [0.15, 0.2) is 11.5 Å². The summed E-state index contributed by atoms with van der Waals surface area (Å²) in [4.78, 5) is 22.5. The van der Waals surface area contributed by atoms with Gasteiger partial charge in [0.2, 0.25) is 18.6 Å². The monoisotopic (exact) mass is 315 g/mol. The van der Waals surface area contributed by atoms with Crippen molar-refractivity contribution in [3.63, 3.8) is 0 Å². The molecule has 1 aliphatic rings. The summed E-state index contributed by atoms with van der Waals surface area (Å²) in [5.74, 6) is 0.292. The summed E-state index contributed by atoms with van der Waals surface area (Å²) in [7, 11) is 0. The van der Waals surface area contributed by atoms with E-state index in [-0.39, 0.29) is 31.7 Å². The van der Waals surface area contributed by atoms with Gasteiger partial charge in [0.05, 0.1) is 18.5 Å². The molecule has 0 saturated heterocycles. The van der Waals surface area contributed by atoms with Crippen LogP contribution in [0, 0.1) is 0 Å². The number of halogens is 1. The van der Waals surface area contributed by atoms with Gasteiger partial charge < -0.3 is 26.3 Å². The zero-order chi connectivity index (χ0) is 14.7. The van der Waals surface area contributed by atoms with Crippen LogP contribution in [0.15, 0.2) is 18.2 Å². The highest BCUT2D eigenvalue weighted by Gasteiger charge is 2.20. The largest absolute Gasteiger partial charge is 0.454 e. The average molecular weight is 316 g/mol. The Morgan fingerprint density at radius 3 is 2.67 bits per heavy atom. The van der Waals surface area contributed by atoms with E-state index in [9.17, 15) is 9.59 Å².